The second kappa shape index (κ2) is 8.74. The van der Waals surface area contributed by atoms with E-state index in [1.165, 1.54) is 18.2 Å². The molecule has 3 aromatic carbocycles. The monoisotopic (exact) mass is 430 g/mol. The Kier molecular flexibility index (Phi) is 6.35. The molecule has 0 saturated heterocycles. The third-order valence-corrected chi connectivity index (χ3v) is 6.22. The van der Waals surface area contributed by atoms with Gasteiger partial charge in [-0.2, -0.15) is 0 Å². The number of hydrogen-bond donors (Lipinski definition) is 0. The van der Waals surface area contributed by atoms with Crippen LogP contribution >= 0.6 is 23.2 Å². The first-order valence-corrected chi connectivity index (χ1v) is 10.8. The van der Waals surface area contributed by atoms with Crippen molar-refractivity contribution >= 4 is 44.9 Å². The van der Waals surface area contributed by atoms with E-state index in [1.807, 2.05) is 0 Å². The molecule has 0 heterocycles. The van der Waals surface area contributed by atoms with Crippen molar-refractivity contribution in [3.8, 4) is 0 Å². The van der Waals surface area contributed by atoms with Gasteiger partial charge in [-0.1, -0.05) is 65.7 Å². The Morgan fingerprint density at radius 3 is 1.89 bits per heavy atom. The van der Waals surface area contributed by atoms with Gasteiger partial charge in [0, 0.05) is 15.6 Å². The molecule has 0 spiro atoms. The molecule has 0 aliphatic rings. The zero-order valence-electron chi connectivity index (χ0n) is 14.7. The van der Waals surface area contributed by atoms with E-state index in [-0.39, 0.29) is 16.2 Å². The van der Waals surface area contributed by atoms with Crippen LogP contribution in [-0.4, -0.2) is 14.2 Å². The maximum atomic E-state index is 13.1. The van der Waals surface area contributed by atoms with Crippen LogP contribution < -0.4 is 0 Å². The van der Waals surface area contributed by atoms with Crippen molar-refractivity contribution in [3.05, 3.63) is 111 Å². The zero-order chi connectivity index (χ0) is 20.1. The molecule has 0 bridgehead atoms. The summed E-state index contributed by atoms with van der Waals surface area (Å²) in [4.78, 5) is 12.8. The van der Waals surface area contributed by atoms with E-state index in [1.54, 1.807) is 66.7 Å². The van der Waals surface area contributed by atoms with Gasteiger partial charge in [0.2, 0.25) is 5.78 Å². The molecule has 3 nitrogen and oxygen atoms in total. The zero-order valence-corrected chi connectivity index (χ0v) is 17.0. The molecule has 3 aromatic rings. The number of rotatable bonds is 6. The summed E-state index contributed by atoms with van der Waals surface area (Å²) in [5, 5.41) is 0.988. The number of halogens is 2. The molecule has 0 aromatic heterocycles. The van der Waals surface area contributed by atoms with Gasteiger partial charge < -0.3 is 0 Å². The molecule has 0 aliphatic heterocycles. The Hall–Kier alpha value is -2.40. The Morgan fingerprint density at radius 2 is 1.32 bits per heavy atom. The summed E-state index contributed by atoms with van der Waals surface area (Å²) < 4.78 is 26.2. The molecule has 0 amide bonds. The van der Waals surface area contributed by atoms with Gasteiger partial charge in [-0.15, -0.1) is 0 Å². The molecule has 0 radical (unpaired) electrons. The topological polar surface area (TPSA) is 51.2 Å². The van der Waals surface area contributed by atoms with Gasteiger partial charge in [-0.05, 0) is 53.6 Å². The molecule has 0 aliphatic carbocycles. The Bertz CT molecular complexity index is 1100. The molecule has 6 heteroatoms. The number of sulfone groups is 1. The molecule has 3 rings (SSSR count). The summed E-state index contributed by atoms with van der Waals surface area (Å²) in [6.45, 7) is 0. The summed E-state index contributed by atoms with van der Waals surface area (Å²) in [5.74, 6) is -0.852. The van der Waals surface area contributed by atoms with Crippen LogP contribution in [0.3, 0.4) is 0 Å². The highest BCUT2D eigenvalue weighted by Crippen LogP contribution is 2.23. The van der Waals surface area contributed by atoms with Gasteiger partial charge in [0.1, 0.15) is 4.91 Å². The fourth-order valence-corrected chi connectivity index (χ4v) is 4.38. The first kappa shape index (κ1) is 20.3. The number of carbonyl (C=O) groups excluding carboxylic acids is 1. The Labute approximate surface area is 174 Å². The second-order valence-electron chi connectivity index (χ2n) is 6.14. The summed E-state index contributed by atoms with van der Waals surface area (Å²) in [7, 11) is -3.90. The number of benzene rings is 3. The van der Waals surface area contributed by atoms with E-state index in [4.69, 9.17) is 23.2 Å². The van der Waals surface area contributed by atoms with Crippen LogP contribution in [0, 0.1) is 0 Å². The van der Waals surface area contributed by atoms with Crippen LogP contribution in [0.2, 0.25) is 10.0 Å². The summed E-state index contributed by atoms with van der Waals surface area (Å²) in [6.07, 6.45) is 1.38. The van der Waals surface area contributed by atoms with Crippen LogP contribution in [0.1, 0.15) is 21.5 Å². The highest BCUT2D eigenvalue weighted by atomic mass is 35.5. The molecule has 28 heavy (non-hydrogen) atoms. The van der Waals surface area contributed by atoms with Crippen molar-refractivity contribution in [2.45, 2.75) is 5.75 Å². The fraction of sp³-hybridized carbons (Fsp3) is 0.0455. The van der Waals surface area contributed by atoms with Crippen LogP contribution in [-0.2, 0) is 15.6 Å². The third-order valence-electron chi connectivity index (χ3n) is 4.03. The maximum Gasteiger partial charge on any atom is 0.204 e. The van der Waals surface area contributed by atoms with E-state index in [2.05, 4.69) is 0 Å². The van der Waals surface area contributed by atoms with E-state index < -0.39 is 15.6 Å². The van der Waals surface area contributed by atoms with Gasteiger partial charge in [-0.3, -0.25) is 4.79 Å². The third kappa shape index (κ3) is 5.10. The number of Topliss-reactive ketones (excluding diaryl/α,β-unsaturated/α-hetero) is 1. The lowest BCUT2D eigenvalue weighted by molar-refractivity contribution is 0.104. The second-order valence-corrected chi connectivity index (χ2v) is 8.97. The maximum absolute atomic E-state index is 13.1. The van der Waals surface area contributed by atoms with Crippen LogP contribution in [0.25, 0.3) is 6.08 Å². The van der Waals surface area contributed by atoms with Crippen LogP contribution in [0.4, 0.5) is 0 Å². The lowest BCUT2D eigenvalue weighted by Gasteiger charge is -2.10. The molecular formula is C22H16Cl2O3S. The minimum Gasteiger partial charge on any atom is -0.288 e. The van der Waals surface area contributed by atoms with E-state index in [0.29, 0.717) is 21.2 Å². The molecule has 0 fully saturated rings. The average Bonchev–Trinajstić information content (AvgIpc) is 2.68. The lowest BCUT2D eigenvalue weighted by atomic mass is 10.1. The fourth-order valence-electron chi connectivity index (χ4n) is 2.62. The van der Waals surface area contributed by atoms with Gasteiger partial charge in [-0.25, -0.2) is 8.42 Å². The smallest absolute Gasteiger partial charge is 0.204 e. The van der Waals surface area contributed by atoms with Crippen molar-refractivity contribution in [2.24, 2.45) is 0 Å². The number of allylic oxidation sites excluding steroid dienone is 1. The average molecular weight is 431 g/mol. The summed E-state index contributed by atoms with van der Waals surface area (Å²) in [6, 6.07) is 21.5. The van der Waals surface area contributed by atoms with Crippen LogP contribution in [0.5, 0.6) is 0 Å². The highest BCUT2D eigenvalue weighted by Gasteiger charge is 2.26. The first-order chi connectivity index (χ1) is 13.3. The highest BCUT2D eigenvalue weighted by molar-refractivity contribution is 7.95. The molecule has 0 unspecified atom stereocenters. The Morgan fingerprint density at radius 1 is 0.786 bits per heavy atom. The van der Waals surface area contributed by atoms with Crippen LogP contribution in [0.15, 0.2) is 83.8 Å². The summed E-state index contributed by atoms with van der Waals surface area (Å²) in [5.41, 5.74) is 1.42. The number of carbonyl (C=O) groups is 1. The standard InChI is InChI=1S/C22H16Cl2O3S/c23-19-10-6-16(7-11-19)14-21(22(25)18-8-12-20(24)13-9-18)28(26,27)15-17-4-2-1-3-5-17/h1-14H,15H2/b21-14+. The van der Waals surface area contributed by atoms with Gasteiger partial charge in [0.15, 0.2) is 9.84 Å². The SMILES string of the molecule is O=C(/C(=C\c1ccc(Cl)cc1)S(=O)(=O)Cc1ccccc1)c1ccc(Cl)cc1. The van der Waals surface area contributed by atoms with Gasteiger partial charge in [0.25, 0.3) is 0 Å². The molecule has 0 atom stereocenters. The summed E-state index contributed by atoms with van der Waals surface area (Å²) >= 11 is 11.8. The van der Waals surface area contributed by atoms with Crippen molar-refractivity contribution < 1.29 is 13.2 Å². The predicted octanol–water partition coefficient (Wildman–Crippen LogP) is 5.83. The molecule has 142 valence electrons. The molecule has 0 N–H and O–H groups in total. The van der Waals surface area contributed by atoms with E-state index >= 15 is 0 Å². The van der Waals surface area contributed by atoms with E-state index in [0.717, 1.165) is 0 Å². The van der Waals surface area contributed by atoms with E-state index in [9.17, 15) is 13.2 Å². The van der Waals surface area contributed by atoms with Crippen molar-refractivity contribution in [1.82, 2.24) is 0 Å². The van der Waals surface area contributed by atoms with Gasteiger partial charge >= 0.3 is 0 Å². The van der Waals surface area contributed by atoms with Crippen molar-refractivity contribution in [2.75, 3.05) is 0 Å². The Balaban J connectivity index is 2.06. The first-order valence-electron chi connectivity index (χ1n) is 8.39. The number of ketones is 1. The minimum absolute atomic E-state index is 0.251. The molecular weight excluding hydrogens is 415 g/mol. The number of hydrogen-bond acceptors (Lipinski definition) is 3. The predicted molar refractivity (Wildman–Crippen MR) is 114 cm³/mol. The molecule has 0 saturated carbocycles. The quantitative estimate of drug-likeness (QED) is 0.364. The van der Waals surface area contributed by atoms with Crippen molar-refractivity contribution in [1.29, 1.82) is 0 Å². The lowest BCUT2D eigenvalue weighted by Crippen LogP contribution is -2.16. The normalized spacial score (nSPS) is 12.0. The largest absolute Gasteiger partial charge is 0.288 e. The van der Waals surface area contributed by atoms with Gasteiger partial charge in [0.05, 0.1) is 5.75 Å². The minimum atomic E-state index is -3.90. The van der Waals surface area contributed by atoms with Crippen molar-refractivity contribution in [3.63, 3.8) is 0 Å².